The average Bonchev–Trinajstić information content (AvgIpc) is 3.34. The van der Waals surface area contributed by atoms with Gasteiger partial charge in [-0.25, -0.2) is 0 Å². The fourth-order valence-corrected chi connectivity index (χ4v) is 3.28. The maximum absolute atomic E-state index is 12.8. The normalized spacial score (nSPS) is 11.3. The maximum atomic E-state index is 12.8. The van der Waals surface area contributed by atoms with Crippen LogP contribution < -0.4 is 0 Å². The molecule has 0 aliphatic heterocycles. The van der Waals surface area contributed by atoms with Crippen molar-refractivity contribution in [2.24, 2.45) is 0 Å². The first-order chi connectivity index (χ1) is 13.1. The highest BCUT2D eigenvalue weighted by molar-refractivity contribution is 6.15. The number of nitrogens with zero attached hydrogens (tertiary/aromatic N) is 1. The van der Waals surface area contributed by atoms with Crippen LogP contribution in [0.5, 0.6) is 5.75 Å². The van der Waals surface area contributed by atoms with Gasteiger partial charge in [0.2, 0.25) is 5.78 Å². The number of carbonyl (C=O) groups is 1. The number of fused-ring (bicyclic) bond motifs is 1. The Hall–Kier alpha value is -3.31. The standard InChI is InChI=1S/C22H19NO4/c1-23(12-15-6-3-2-4-7-15)13-16-18(24)9-10-19-21(16)17(14-27-19)22(25)20-8-5-11-26-20/h2-11,14,24H,12-13H2,1H3. The molecule has 27 heavy (non-hydrogen) atoms. The van der Waals surface area contributed by atoms with Gasteiger partial charge in [-0.05, 0) is 36.9 Å². The molecule has 4 rings (SSSR count). The highest BCUT2D eigenvalue weighted by Gasteiger charge is 2.22. The third kappa shape index (κ3) is 3.37. The second kappa shape index (κ2) is 7.13. The largest absolute Gasteiger partial charge is 0.508 e. The number of hydrogen-bond donors (Lipinski definition) is 1. The quantitative estimate of drug-likeness (QED) is 0.509. The van der Waals surface area contributed by atoms with Crippen LogP contribution in [0.2, 0.25) is 0 Å². The van der Waals surface area contributed by atoms with Crippen molar-refractivity contribution in [2.75, 3.05) is 7.05 Å². The molecule has 0 aliphatic rings. The van der Waals surface area contributed by atoms with Crippen molar-refractivity contribution in [2.45, 2.75) is 13.1 Å². The van der Waals surface area contributed by atoms with Crippen LogP contribution in [-0.2, 0) is 13.1 Å². The number of hydrogen-bond acceptors (Lipinski definition) is 5. The fourth-order valence-electron chi connectivity index (χ4n) is 3.28. The minimum atomic E-state index is -0.267. The summed E-state index contributed by atoms with van der Waals surface area (Å²) < 4.78 is 10.8. The van der Waals surface area contributed by atoms with E-state index < -0.39 is 0 Å². The summed E-state index contributed by atoms with van der Waals surface area (Å²) in [5, 5.41) is 11.1. The number of aromatic hydroxyl groups is 1. The Morgan fingerprint density at radius 1 is 1.00 bits per heavy atom. The van der Waals surface area contributed by atoms with E-state index in [1.165, 1.54) is 18.1 Å². The van der Waals surface area contributed by atoms with Gasteiger partial charge in [-0.2, -0.15) is 0 Å². The fraction of sp³-hybridized carbons (Fsp3) is 0.136. The molecule has 0 saturated heterocycles. The van der Waals surface area contributed by atoms with Crippen LogP contribution in [0.4, 0.5) is 0 Å². The van der Waals surface area contributed by atoms with Crippen molar-refractivity contribution in [3.63, 3.8) is 0 Å². The number of ketones is 1. The van der Waals surface area contributed by atoms with E-state index in [0.717, 1.165) is 6.54 Å². The van der Waals surface area contributed by atoms with Gasteiger partial charge < -0.3 is 13.9 Å². The number of phenols is 1. The molecule has 0 atom stereocenters. The Kier molecular flexibility index (Phi) is 4.52. The van der Waals surface area contributed by atoms with Crippen LogP contribution in [0.3, 0.4) is 0 Å². The van der Waals surface area contributed by atoms with Gasteiger partial charge in [-0.1, -0.05) is 30.3 Å². The SMILES string of the molecule is CN(Cc1ccccc1)Cc1c(O)ccc2occ(C(=O)c3ccco3)c12. The monoisotopic (exact) mass is 361 g/mol. The Morgan fingerprint density at radius 2 is 1.81 bits per heavy atom. The van der Waals surface area contributed by atoms with Gasteiger partial charge in [0.05, 0.1) is 11.8 Å². The topological polar surface area (TPSA) is 66.8 Å². The second-order valence-corrected chi connectivity index (χ2v) is 6.55. The van der Waals surface area contributed by atoms with Crippen LogP contribution >= 0.6 is 0 Å². The van der Waals surface area contributed by atoms with Crippen molar-refractivity contribution in [3.05, 3.63) is 89.6 Å². The van der Waals surface area contributed by atoms with Crippen molar-refractivity contribution in [3.8, 4) is 5.75 Å². The van der Waals surface area contributed by atoms with Crippen LogP contribution in [0.15, 0.2) is 76.0 Å². The first kappa shape index (κ1) is 17.1. The number of rotatable bonds is 6. The van der Waals surface area contributed by atoms with Crippen molar-refractivity contribution >= 4 is 16.8 Å². The van der Waals surface area contributed by atoms with Gasteiger partial charge >= 0.3 is 0 Å². The molecule has 4 aromatic rings. The third-order valence-corrected chi connectivity index (χ3v) is 4.54. The maximum Gasteiger partial charge on any atom is 0.232 e. The Morgan fingerprint density at radius 3 is 2.56 bits per heavy atom. The smallest absolute Gasteiger partial charge is 0.232 e. The molecule has 0 radical (unpaired) electrons. The van der Waals surface area contributed by atoms with Crippen LogP contribution in [0, 0.1) is 0 Å². The van der Waals surface area contributed by atoms with E-state index in [9.17, 15) is 9.90 Å². The van der Waals surface area contributed by atoms with Gasteiger partial charge in [0.25, 0.3) is 0 Å². The molecule has 0 unspecified atom stereocenters. The van der Waals surface area contributed by atoms with Gasteiger partial charge in [-0.3, -0.25) is 9.69 Å². The Labute approximate surface area is 156 Å². The zero-order chi connectivity index (χ0) is 18.8. The number of carbonyl (C=O) groups excluding carboxylic acids is 1. The lowest BCUT2D eigenvalue weighted by molar-refractivity contribution is 0.101. The molecule has 2 aromatic carbocycles. The summed E-state index contributed by atoms with van der Waals surface area (Å²) in [7, 11) is 1.97. The summed E-state index contributed by atoms with van der Waals surface area (Å²) >= 11 is 0. The summed E-state index contributed by atoms with van der Waals surface area (Å²) in [5.74, 6) is 0.109. The molecule has 0 spiro atoms. The molecule has 2 heterocycles. The van der Waals surface area contributed by atoms with Crippen molar-refractivity contribution < 1.29 is 18.7 Å². The van der Waals surface area contributed by atoms with E-state index in [1.807, 2.05) is 25.2 Å². The predicted molar refractivity (Wildman–Crippen MR) is 102 cm³/mol. The van der Waals surface area contributed by atoms with Crippen LogP contribution in [0.25, 0.3) is 11.0 Å². The molecule has 1 N–H and O–H groups in total. The number of furan rings is 2. The van der Waals surface area contributed by atoms with E-state index in [2.05, 4.69) is 17.0 Å². The van der Waals surface area contributed by atoms with Gasteiger partial charge in [-0.15, -0.1) is 0 Å². The van der Waals surface area contributed by atoms with Gasteiger partial charge in [0.15, 0.2) is 5.76 Å². The third-order valence-electron chi connectivity index (χ3n) is 4.54. The first-order valence-corrected chi connectivity index (χ1v) is 8.66. The predicted octanol–water partition coefficient (Wildman–Crippen LogP) is 4.59. The van der Waals surface area contributed by atoms with Crippen molar-refractivity contribution in [1.82, 2.24) is 4.90 Å². The summed E-state index contributed by atoms with van der Waals surface area (Å²) in [6, 6.07) is 16.6. The van der Waals surface area contributed by atoms with Gasteiger partial charge in [0.1, 0.15) is 17.6 Å². The molecular weight excluding hydrogens is 342 g/mol. The molecule has 0 bridgehead atoms. The lowest BCUT2D eigenvalue weighted by Gasteiger charge is -2.18. The Balaban J connectivity index is 1.70. The molecular formula is C22H19NO4. The highest BCUT2D eigenvalue weighted by atomic mass is 16.3. The van der Waals surface area contributed by atoms with E-state index in [-0.39, 0.29) is 17.3 Å². The molecule has 5 nitrogen and oxygen atoms in total. The molecule has 0 fully saturated rings. The number of phenolic OH excluding ortho intramolecular Hbond substituents is 1. The molecule has 0 amide bonds. The molecule has 5 heteroatoms. The van der Waals surface area contributed by atoms with E-state index in [1.54, 1.807) is 24.3 Å². The Bertz CT molecular complexity index is 1060. The number of benzene rings is 2. The summed E-state index contributed by atoms with van der Waals surface area (Å²) in [6.45, 7) is 1.19. The van der Waals surface area contributed by atoms with E-state index >= 15 is 0 Å². The van der Waals surface area contributed by atoms with Crippen molar-refractivity contribution in [1.29, 1.82) is 0 Å². The molecule has 136 valence electrons. The van der Waals surface area contributed by atoms with Crippen LogP contribution in [0.1, 0.15) is 27.2 Å². The zero-order valence-electron chi connectivity index (χ0n) is 14.9. The second-order valence-electron chi connectivity index (χ2n) is 6.55. The summed E-state index contributed by atoms with van der Waals surface area (Å²) in [4.78, 5) is 14.9. The van der Waals surface area contributed by atoms with E-state index in [0.29, 0.717) is 28.6 Å². The summed E-state index contributed by atoms with van der Waals surface area (Å²) in [5.41, 5.74) is 2.78. The summed E-state index contributed by atoms with van der Waals surface area (Å²) in [6.07, 6.45) is 2.89. The minimum absolute atomic E-state index is 0.136. The lowest BCUT2D eigenvalue weighted by Crippen LogP contribution is -2.17. The highest BCUT2D eigenvalue weighted by Crippen LogP contribution is 2.33. The zero-order valence-corrected chi connectivity index (χ0v) is 14.9. The molecule has 0 saturated carbocycles. The average molecular weight is 361 g/mol. The lowest BCUT2D eigenvalue weighted by atomic mass is 10.0. The van der Waals surface area contributed by atoms with E-state index in [4.69, 9.17) is 8.83 Å². The minimum Gasteiger partial charge on any atom is -0.508 e. The molecule has 2 aromatic heterocycles. The van der Waals surface area contributed by atoms with Crippen LogP contribution in [-0.4, -0.2) is 22.8 Å². The molecule has 0 aliphatic carbocycles. The first-order valence-electron chi connectivity index (χ1n) is 8.66. The van der Waals surface area contributed by atoms with Gasteiger partial charge in [0, 0.05) is 24.0 Å².